The Morgan fingerprint density at radius 1 is 1.00 bits per heavy atom. The summed E-state index contributed by atoms with van der Waals surface area (Å²) in [7, 11) is 0. The minimum absolute atomic E-state index is 0.0288. The van der Waals surface area contributed by atoms with Crippen LogP contribution >= 0.6 is 0 Å². The molecule has 1 fully saturated rings. The summed E-state index contributed by atoms with van der Waals surface area (Å²) in [5.74, 6) is -3.60. The molecule has 0 spiro atoms. The van der Waals surface area contributed by atoms with E-state index < -0.39 is 41.8 Å². The van der Waals surface area contributed by atoms with Crippen LogP contribution in [0.2, 0.25) is 0 Å². The van der Waals surface area contributed by atoms with Gasteiger partial charge in [0.25, 0.3) is 0 Å². The molecule has 0 aliphatic carbocycles. The first-order chi connectivity index (χ1) is 21.5. The van der Waals surface area contributed by atoms with Crippen LogP contribution in [0.1, 0.15) is 51.2 Å². The maximum Gasteiger partial charge on any atom is 0.408 e. The third kappa shape index (κ3) is 11.8. The monoisotopic (exact) mass is 623 g/mol. The van der Waals surface area contributed by atoms with Crippen LogP contribution in [0, 0.1) is 23.6 Å². The molecule has 1 heterocycles. The zero-order chi connectivity index (χ0) is 32.8. The number of halogens is 1. The molecule has 3 amide bonds. The Kier molecular flexibility index (Phi) is 13.7. The lowest BCUT2D eigenvalue weighted by atomic mass is 9.88. The fourth-order valence-corrected chi connectivity index (χ4v) is 5.09. The van der Waals surface area contributed by atoms with Crippen molar-refractivity contribution in [2.75, 3.05) is 13.2 Å². The Morgan fingerprint density at radius 2 is 1.71 bits per heavy atom. The number of benzene rings is 2. The number of alkyl carbamates (subject to hydrolysis) is 1. The van der Waals surface area contributed by atoms with Crippen LogP contribution < -0.4 is 16.0 Å². The van der Waals surface area contributed by atoms with Gasteiger partial charge in [0.15, 0.2) is 5.78 Å². The van der Waals surface area contributed by atoms with Crippen molar-refractivity contribution in [3.8, 4) is 0 Å². The summed E-state index contributed by atoms with van der Waals surface area (Å²) in [6.45, 7) is 5.95. The molecule has 3 rings (SSSR count). The smallest absolute Gasteiger partial charge is 0.408 e. The average molecular weight is 624 g/mol. The normalized spacial score (nSPS) is 16.5. The highest BCUT2D eigenvalue weighted by atomic mass is 19.1. The summed E-state index contributed by atoms with van der Waals surface area (Å²) >= 11 is 0. The van der Waals surface area contributed by atoms with Crippen molar-refractivity contribution in [1.29, 1.82) is 0 Å². The summed E-state index contributed by atoms with van der Waals surface area (Å²) in [6.07, 6.45) is 2.64. The highest BCUT2D eigenvalue weighted by Gasteiger charge is 2.32. The Hall–Kier alpha value is -4.54. The van der Waals surface area contributed by atoms with Crippen molar-refractivity contribution in [1.82, 2.24) is 16.0 Å². The van der Waals surface area contributed by atoms with Crippen molar-refractivity contribution < 1.29 is 37.8 Å². The van der Waals surface area contributed by atoms with Crippen LogP contribution in [0.4, 0.5) is 9.18 Å². The van der Waals surface area contributed by atoms with Gasteiger partial charge in [-0.15, -0.1) is 0 Å². The van der Waals surface area contributed by atoms with Gasteiger partial charge in [0.1, 0.15) is 12.4 Å². The number of ether oxygens (including phenoxy) is 2. The minimum Gasteiger partial charge on any atom is -0.463 e. The Labute approximate surface area is 263 Å². The number of ketones is 1. The number of rotatable bonds is 16. The van der Waals surface area contributed by atoms with Gasteiger partial charge >= 0.3 is 12.1 Å². The zero-order valence-corrected chi connectivity index (χ0v) is 25.9. The quantitative estimate of drug-likeness (QED) is 0.190. The van der Waals surface area contributed by atoms with E-state index in [0.717, 1.165) is 5.56 Å². The van der Waals surface area contributed by atoms with Gasteiger partial charge < -0.3 is 25.4 Å². The summed E-state index contributed by atoms with van der Waals surface area (Å²) in [5, 5.41) is 8.31. The van der Waals surface area contributed by atoms with E-state index in [1.54, 1.807) is 32.9 Å². The van der Waals surface area contributed by atoms with Crippen molar-refractivity contribution in [3.05, 3.63) is 83.7 Å². The Bertz CT molecular complexity index is 1330. The first kappa shape index (κ1) is 34.9. The predicted molar refractivity (Wildman–Crippen MR) is 165 cm³/mol. The fourth-order valence-electron chi connectivity index (χ4n) is 5.09. The topological polar surface area (TPSA) is 140 Å². The lowest BCUT2D eigenvalue weighted by Gasteiger charge is -2.25. The van der Waals surface area contributed by atoms with Crippen molar-refractivity contribution in [3.63, 3.8) is 0 Å². The number of amides is 3. The van der Waals surface area contributed by atoms with Crippen LogP contribution in [0.25, 0.3) is 0 Å². The van der Waals surface area contributed by atoms with Crippen molar-refractivity contribution in [2.45, 2.75) is 65.1 Å². The van der Waals surface area contributed by atoms with E-state index >= 15 is 0 Å². The van der Waals surface area contributed by atoms with Gasteiger partial charge in [0.05, 0.1) is 12.6 Å². The van der Waals surface area contributed by atoms with E-state index in [0.29, 0.717) is 18.5 Å². The summed E-state index contributed by atoms with van der Waals surface area (Å²) in [6, 6.07) is 13.1. The third-order valence-corrected chi connectivity index (χ3v) is 7.49. The van der Waals surface area contributed by atoms with E-state index in [1.807, 2.05) is 30.3 Å². The Morgan fingerprint density at radius 3 is 2.33 bits per heavy atom. The molecule has 0 radical (unpaired) electrons. The van der Waals surface area contributed by atoms with E-state index in [-0.39, 0.29) is 56.0 Å². The molecule has 242 valence electrons. The molecule has 0 bridgehead atoms. The molecule has 4 atom stereocenters. The number of carbonyl (C=O) groups excluding carboxylic acids is 5. The number of nitrogens with one attached hydrogen (secondary N) is 3. The second-order valence-corrected chi connectivity index (χ2v) is 11.4. The van der Waals surface area contributed by atoms with Gasteiger partial charge in [-0.05, 0) is 55.4 Å². The van der Waals surface area contributed by atoms with E-state index in [4.69, 9.17) is 9.47 Å². The Balaban J connectivity index is 1.77. The molecule has 45 heavy (non-hydrogen) atoms. The van der Waals surface area contributed by atoms with Crippen LogP contribution in [0.5, 0.6) is 0 Å². The molecule has 0 aromatic heterocycles. The molecule has 11 heteroatoms. The lowest BCUT2D eigenvalue weighted by molar-refractivity contribution is -0.137. The molecule has 2 aromatic carbocycles. The summed E-state index contributed by atoms with van der Waals surface area (Å²) < 4.78 is 23.9. The van der Waals surface area contributed by atoms with E-state index in [1.165, 1.54) is 24.3 Å². The van der Waals surface area contributed by atoms with Crippen molar-refractivity contribution in [2.24, 2.45) is 17.8 Å². The van der Waals surface area contributed by atoms with Crippen LogP contribution in [0.3, 0.4) is 0 Å². The molecular formula is C34H42FN3O7. The average Bonchev–Trinajstić information content (AvgIpc) is 3.42. The molecule has 10 nitrogen and oxygen atoms in total. The molecular weight excluding hydrogens is 581 g/mol. The molecule has 2 aromatic rings. The largest absolute Gasteiger partial charge is 0.463 e. The van der Waals surface area contributed by atoms with Crippen molar-refractivity contribution >= 4 is 29.7 Å². The molecule has 0 saturated carbocycles. The number of carbonyl (C=O) groups is 5. The maximum absolute atomic E-state index is 13.8. The van der Waals surface area contributed by atoms with Crippen LogP contribution in [-0.4, -0.2) is 54.9 Å². The molecule has 1 saturated heterocycles. The molecule has 1 aliphatic rings. The summed E-state index contributed by atoms with van der Waals surface area (Å²) in [5.41, 5.74) is 1.42. The van der Waals surface area contributed by atoms with Gasteiger partial charge in [-0.1, -0.05) is 62.4 Å². The number of hydrogen-bond donors (Lipinski definition) is 3. The minimum atomic E-state index is -0.932. The van der Waals surface area contributed by atoms with E-state index in [9.17, 15) is 28.4 Å². The molecule has 1 aliphatic heterocycles. The van der Waals surface area contributed by atoms with Gasteiger partial charge in [-0.3, -0.25) is 14.4 Å². The fraction of sp³-hybridized carbons (Fsp3) is 0.441. The first-order valence-corrected chi connectivity index (χ1v) is 15.2. The summed E-state index contributed by atoms with van der Waals surface area (Å²) in [4.78, 5) is 64.3. The predicted octanol–water partition coefficient (Wildman–Crippen LogP) is 4.02. The number of Topliss-reactive ketones (excluding diaryl/α,β-unsaturated/α-hetero) is 1. The lowest BCUT2D eigenvalue weighted by Crippen LogP contribution is -2.47. The van der Waals surface area contributed by atoms with E-state index in [2.05, 4.69) is 16.0 Å². The second-order valence-electron chi connectivity index (χ2n) is 11.4. The highest BCUT2D eigenvalue weighted by Crippen LogP contribution is 2.21. The van der Waals surface area contributed by atoms with Gasteiger partial charge in [0, 0.05) is 36.9 Å². The number of esters is 1. The second kappa shape index (κ2) is 17.7. The SMILES string of the molecule is CCOC(=O)/C=C/[C@H](C[C@@H]1CCNC1=O)NC(=O)[C@@H](CC(=O)[C@@H](NC(=O)OCc1ccccc1)C(C)C)Cc1ccc(F)cc1. The van der Waals surface area contributed by atoms with Gasteiger partial charge in [-0.2, -0.15) is 0 Å². The van der Waals surface area contributed by atoms with Crippen LogP contribution in [-0.2, 0) is 41.7 Å². The van der Waals surface area contributed by atoms with Crippen LogP contribution in [0.15, 0.2) is 66.7 Å². The zero-order valence-electron chi connectivity index (χ0n) is 25.9. The molecule has 3 N–H and O–H groups in total. The number of hydrogen-bond acceptors (Lipinski definition) is 7. The maximum atomic E-state index is 13.8. The third-order valence-electron chi connectivity index (χ3n) is 7.49. The van der Waals surface area contributed by atoms with Gasteiger partial charge in [0.2, 0.25) is 11.8 Å². The standard InChI is InChI=1S/C34H42FN3O7/c1-4-44-30(40)15-14-28(19-25-16-17-36-32(25)41)37-33(42)26(18-23-10-12-27(35)13-11-23)20-29(39)31(22(2)3)38-34(43)45-21-24-8-6-5-7-9-24/h5-15,22,25-26,28,31H,4,16-21H2,1-3H3,(H,36,41)(H,37,42)(H,38,43)/b15-14+/t25-,26+,28+,31-/m0/s1. The van der Waals surface area contributed by atoms with Gasteiger partial charge in [-0.25, -0.2) is 14.0 Å². The first-order valence-electron chi connectivity index (χ1n) is 15.2. The molecule has 0 unspecified atom stereocenters. The highest BCUT2D eigenvalue weighted by molar-refractivity contribution is 5.92.